The number of phenols is 2. The average Bonchev–Trinajstić information content (AvgIpc) is 2.62. The third-order valence-corrected chi connectivity index (χ3v) is 2.95. The van der Waals surface area contributed by atoms with Gasteiger partial charge in [-0.05, 0) is 35.9 Å². The van der Waals surface area contributed by atoms with E-state index in [9.17, 15) is 14.7 Å². The first-order chi connectivity index (χ1) is 11.9. The van der Waals surface area contributed by atoms with Crippen LogP contribution >= 0.6 is 0 Å². The van der Waals surface area contributed by atoms with E-state index >= 15 is 0 Å². The number of methoxy groups -OCH3 is 2. The highest BCUT2D eigenvalue weighted by molar-refractivity contribution is 5.85. The molecule has 0 unspecified atom stereocenters. The molecule has 0 saturated carbocycles. The van der Waals surface area contributed by atoms with Crippen LogP contribution in [0.1, 0.15) is 15.9 Å². The minimum absolute atomic E-state index is 0.101. The summed E-state index contributed by atoms with van der Waals surface area (Å²) in [6, 6.07) is 9.14. The molecule has 25 heavy (non-hydrogen) atoms. The molecule has 0 fully saturated rings. The molecule has 0 heterocycles. The van der Waals surface area contributed by atoms with Crippen LogP contribution < -0.4 is 9.47 Å². The van der Waals surface area contributed by atoms with Gasteiger partial charge in [0.15, 0.2) is 11.5 Å². The van der Waals surface area contributed by atoms with Crippen molar-refractivity contribution in [2.45, 2.75) is 0 Å². The van der Waals surface area contributed by atoms with Gasteiger partial charge in [-0.15, -0.1) is 0 Å². The molecular formula is C18H18O7. The topological polar surface area (TPSA) is 113 Å². The minimum atomic E-state index is -0.983. The van der Waals surface area contributed by atoms with Crippen LogP contribution in [0.15, 0.2) is 42.5 Å². The lowest BCUT2D eigenvalue weighted by Gasteiger charge is -2.08. The van der Waals surface area contributed by atoms with E-state index in [0.29, 0.717) is 11.8 Å². The lowest BCUT2D eigenvalue weighted by Crippen LogP contribution is -1.91. The quantitative estimate of drug-likeness (QED) is 0.563. The number of carboxylic acids is 1. The van der Waals surface area contributed by atoms with Crippen molar-refractivity contribution in [2.75, 3.05) is 14.2 Å². The first-order valence-corrected chi connectivity index (χ1v) is 7.01. The maximum Gasteiger partial charge on any atom is 0.328 e. The Hall–Kier alpha value is -3.48. The summed E-state index contributed by atoms with van der Waals surface area (Å²) < 4.78 is 9.68. The number of hydrogen-bond donors (Lipinski definition) is 3. The van der Waals surface area contributed by atoms with Gasteiger partial charge >= 0.3 is 5.97 Å². The van der Waals surface area contributed by atoms with E-state index < -0.39 is 5.97 Å². The van der Waals surface area contributed by atoms with Crippen LogP contribution in [0.2, 0.25) is 0 Å². The second-order valence-electron chi connectivity index (χ2n) is 4.65. The van der Waals surface area contributed by atoms with Gasteiger partial charge in [-0.2, -0.15) is 0 Å². The summed E-state index contributed by atoms with van der Waals surface area (Å²) in [5.41, 5.74) is 1.14. The number of rotatable bonds is 5. The third kappa shape index (κ3) is 6.26. The molecule has 0 spiro atoms. The highest BCUT2D eigenvalue weighted by Crippen LogP contribution is 2.36. The van der Waals surface area contributed by atoms with Crippen LogP contribution in [-0.4, -0.2) is 41.8 Å². The van der Waals surface area contributed by atoms with Gasteiger partial charge in [0.1, 0.15) is 12.0 Å². The molecule has 2 rings (SSSR count). The molecule has 2 aromatic rings. The van der Waals surface area contributed by atoms with E-state index in [4.69, 9.17) is 19.7 Å². The minimum Gasteiger partial charge on any atom is -0.508 e. The highest BCUT2D eigenvalue weighted by atomic mass is 16.5. The Kier molecular flexibility index (Phi) is 7.52. The number of phenolic OH excluding ortho intramolecular Hbond substituents is 2. The smallest absolute Gasteiger partial charge is 0.328 e. The Morgan fingerprint density at radius 1 is 0.960 bits per heavy atom. The molecule has 0 aliphatic heterocycles. The van der Waals surface area contributed by atoms with E-state index in [1.165, 1.54) is 44.6 Å². The van der Waals surface area contributed by atoms with E-state index in [2.05, 4.69) is 0 Å². The van der Waals surface area contributed by atoms with Crippen molar-refractivity contribution in [3.63, 3.8) is 0 Å². The maximum atomic E-state index is 10.5. The zero-order valence-electron chi connectivity index (χ0n) is 13.7. The number of carbonyl (C=O) groups is 2. The van der Waals surface area contributed by atoms with E-state index in [0.717, 1.165) is 11.6 Å². The number of benzene rings is 2. The average molecular weight is 346 g/mol. The predicted molar refractivity (Wildman–Crippen MR) is 91.4 cm³/mol. The molecule has 0 saturated heterocycles. The Morgan fingerprint density at radius 2 is 1.48 bits per heavy atom. The van der Waals surface area contributed by atoms with Crippen LogP contribution in [-0.2, 0) is 4.79 Å². The second-order valence-corrected chi connectivity index (χ2v) is 4.65. The van der Waals surface area contributed by atoms with Crippen molar-refractivity contribution < 1.29 is 34.4 Å². The zero-order valence-corrected chi connectivity index (χ0v) is 13.7. The van der Waals surface area contributed by atoms with Crippen LogP contribution in [0.25, 0.3) is 6.08 Å². The summed E-state index contributed by atoms with van der Waals surface area (Å²) in [5, 5.41) is 26.6. The van der Waals surface area contributed by atoms with Crippen molar-refractivity contribution in [3.8, 4) is 23.0 Å². The molecule has 0 bridgehead atoms. The summed E-state index contributed by atoms with van der Waals surface area (Å²) in [7, 11) is 2.81. The molecular weight excluding hydrogens is 328 g/mol. The number of aromatic hydroxyl groups is 2. The van der Waals surface area contributed by atoms with Gasteiger partial charge in [0.05, 0.1) is 14.2 Å². The van der Waals surface area contributed by atoms with Crippen molar-refractivity contribution >= 4 is 18.3 Å². The summed E-state index contributed by atoms with van der Waals surface area (Å²) in [6.45, 7) is 0. The molecule has 0 aromatic heterocycles. The van der Waals surface area contributed by atoms with Crippen LogP contribution in [0, 0.1) is 0 Å². The molecule has 0 atom stereocenters. The fraction of sp³-hybridized carbons (Fsp3) is 0.111. The number of carbonyl (C=O) groups excluding carboxylic acids is 1. The molecule has 3 N–H and O–H groups in total. The van der Waals surface area contributed by atoms with Crippen molar-refractivity contribution in [2.24, 2.45) is 0 Å². The number of aldehydes is 1. The number of hydrogen-bond acceptors (Lipinski definition) is 6. The summed E-state index contributed by atoms with van der Waals surface area (Å²) >= 11 is 0. The van der Waals surface area contributed by atoms with Crippen LogP contribution in [0.4, 0.5) is 0 Å². The molecule has 0 aliphatic rings. The van der Waals surface area contributed by atoms with E-state index in [1.807, 2.05) is 0 Å². The molecule has 0 aliphatic carbocycles. The highest BCUT2D eigenvalue weighted by Gasteiger charge is 2.10. The standard InChI is InChI=1S/C9H10O4.C9H8O3/c1-12-7-3-6(5-10)4-8(13-2)9(7)11;10-8-4-1-7(2-5-8)3-6-9(11)12/h3-5,11H,1-2H3;1-6,10H,(H,11,12). The van der Waals surface area contributed by atoms with Gasteiger partial charge in [0.25, 0.3) is 0 Å². The number of aliphatic carboxylic acids is 1. The van der Waals surface area contributed by atoms with Gasteiger partial charge < -0.3 is 24.8 Å². The normalized spacial score (nSPS) is 9.84. The molecule has 0 radical (unpaired) electrons. The van der Waals surface area contributed by atoms with Gasteiger partial charge in [0.2, 0.25) is 5.75 Å². The summed E-state index contributed by atoms with van der Waals surface area (Å²) in [5.74, 6) is -0.468. The Morgan fingerprint density at radius 3 is 1.88 bits per heavy atom. The molecule has 7 nitrogen and oxygen atoms in total. The van der Waals surface area contributed by atoms with E-state index in [-0.39, 0.29) is 23.0 Å². The van der Waals surface area contributed by atoms with Gasteiger partial charge in [-0.3, -0.25) is 4.79 Å². The monoisotopic (exact) mass is 346 g/mol. The largest absolute Gasteiger partial charge is 0.508 e. The fourth-order valence-electron chi connectivity index (χ4n) is 1.73. The molecule has 7 heteroatoms. The Bertz CT molecular complexity index is 724. The maximum absolute atomic E-state index is 10.5. The predicted octanol–water partition coefficient (Wildman–Crippen LogP) is 2.71. The first kappa shape index (κ1) is 19.6. The Labute approximate surface area is 144 Å². The SMILES string of the molecule is COc1cc(C=O)cc(OC)c1O.O=C(O)C=Cc1ccc(O)cc1. The summed E-state index contributed by atoms with van der Waals surface area (Å²) in [4.78, 5) is 20.6. The van der Waals surface area contributed by atoms with Crippen LogP contribution in [0.3, 0.4) is 0 Å². The van der Waals surface area contributed by atoms with Gasteiger partial charge in [-0.25, -0.2) is 4.79 Å². The third-order valence-electron chi connectivity index (χ3n) is 2.95. The zero-order chi connectivity index (χ0) is 18.8. The Balaban J connectivity index is 0.000000251. The van der Waals surface area contributed by atoms with Gasteiger partial charge in [0, 0.05) is 11.6 Å². The van der Waals surface area contributed by atoms with E-state index in [1.54, 1.807) is 12.1 Å². The summed E-state index contributed by atoms with van der Waals surface area (Å²) in [6.07, 6.45) is 3.17. The lowest BCUT2D eigenvalue weighted by atomic mass is 10.2. The number of carboxylic acid groups (broad SMARTS) is 1. The molecule has 132 valence electrons. The van der Waals surface area contributed by atoms with Gasteiger partial charge in [-0.1, -0.05) is 12.1 Å². The lowest BCUT2D eigenvalue weighted by molar-refractivity contribution is -0.131. The molecule has 0 amide bonds. The first-order valence-electron chi connectivity index (χ1n) is 7.01. The van der Waals surface area contributed by atoms with Crippen molar-refractivity contribution in [3.05, 3.63) is 53.6 Å². The number of ether oxygens (including phenoxy) is 2. The van der Waals surface area contributed by atoms with Crippen molar-refractivity contribution in [1.82, 2.24) is 0 Å². The fourth-order valence-corrected chi connectivity index (χ4v) is 1.73. The molecule has 2 aromatic carbocycles. The van der Waals surface area contributed by atoms with Crippen LogP contribution in [0.5, 0.6) is 23.0 Å². The second kappa shape index (κ2) is 9.61. The van der Waals surface area contributed by atoms with Crippen molar-refractivity contribution in [1.29, 1.82) is 0 Å².